The molecule has 1 N–H and O–H groups in total. The van der Waals surface area contributed by atoms with E-state index in [1.165, 1.54) is 0 Å². The van der Waals surface area contributed by atoms with Crippen molar-refractivity contribution in [2.24, 2.45) is 0 Å². The maximum Gasteiger partial charge on any atom is 0.295 e. The summed E-state index contributed by atoms with van der Waals surface area (Å²) in [4.78, 5) is 30.5. The zero-order valence-electron chi connectivity index (χ0n) is 22.6. The largest absolute Gasteiger partial charge is 0.507 e. The normalized spacial score (nSPS) is 19.1. The Morgan fingerprint density at radius 1 is 0.900 bits per heavy atom. The van der Waals surface area contributed by atoms with Gasteiger partial charge in [-0.1, -0.05) is 54.6 Å². The second-order valence-electron chi connectivity index (χ2n) is 9.75. The third-order valence-corrected chi connectivity index (χ3v) is 7.16. The molecule has 5 rings (SSSR count). The predicted molar refractivity (Wildman–Crippen MR) is 151 cm³/mol. The molecule has 1 unspecified atom stereocenters. The molecule has 8 heteroatoms. The van der Waals surface area contributed by atoms with E-state index >= 15 is 0 Å². The fraction of sp³-hybridized carbons (Fsp3) is 0.312. The number of amides is 1. The number of aliphatic hydroxyl groups excluding tert-OH is 1. The number of aliphatic hydroxyl groups is 1. The number of rotatable bonds is 10. The Hall–Kier alpha value is -4.14. The van der Waals surface area contributed by atoms with Crippen LogP contribution >= 0.6 is 0 Å². The molecular formula is C32H34N2O6. The predicted octanol–water partition coefficient (Wildman–Crippen LogP) is 4.42. The zero-order valence-corrected chi connectivity index (χ0v) is 22.6. The van der Waals surface area contributed by atoms with Crippen molar-refractivity contribution in [3.63, 3.8) is 0 Å². The number of carbonyl (C=O) groups excluding carboxylic acids is 2. The first kappa shape index (κ1) is 27.4. The molecule has 2 fully saturated rings. The van der Waals surface area contributed by atoms with E-state index in [1.807, 2.05) is 61.5 Å². The first-order chi connectivity index (χ1) is 19.5. The number of ketones is 1. The van der Waals surface area contributed by atoms with Crippen molar-refractivity contribution in [3.8, 4) is 11.5 Å². The summed E-state index contributed by atoms with van der Waals surface area (Å²) in [7, 11) is 0. The van der Waals surface area contributed by atoms with Gasteiger partial charge in [-0.2, -0.15) is 0 Å². The minimum absolute atomic E-state index is 0.0681. The van der Waals surface area contributed by atoms with Crippen molar-refractivity contribution in [3.05, 3.63) is 101 Å². The van der Waals surface area contributed by atoms with Gasteiger partial charge in [0, 0.05) is 31.7 Å². The standard InChI is InChI=1S/C32H34N2O6/c1-2-39-27-10-6-9-25(21-27)30(35)28-29(34(32(37)31(28)36)16-15-33-17-19-38-20-18-33)24-11-13-26(14-12-24)40-22-23-7-4-3-5-8-23/h3-14,21,29,35H,2,15-20,22H2,1H3. The maximum absolute atomic E-state index is 13.4. The molecule has 208 valence electrons. The molecule has 1 atom stereocenters. The first-order valence-corrected chi connectivity index (χ1v) is 13.6. The van der Waals surface area contributed by atoms with Crippen LogP contribution in [0.4, 0.5) is 0 Å². The monoisotopic (exact) mass is 542 g/mol. The topological polar surface area (TPSA) is 88.5 Å². The van der Waals surface area contributed by atoms with Crippen LogP contribution in [0.25, 0.3) is 5.76 Å². The molecule has 3 aromatic carbocycles. The number of Topliss-reactive ketones (excluding diaryl/α,β-unsaturated/α-hetero) is 1. The van der Waals surface area contributed by atoms with Gasteiger partial charge in [0.25, 0.3) is 11.7 Å². The lowest BCUT2D eigenvalue weighted by Gasteiger charge is -2.31. The number of carbonyl (C=O) groups is 2. The summed E-state index contributed by atoms with van der Waals surface area (Å²) in [6, 6.07) is 23.4. The number of hydrogen-bond donors (Lipinski definition) is 1. The van der Waals surface area contributed by atoms with Crippen LogP contribution in [-0.2, 0) is 20.9 Å². The molecule has 0 saturated carbocycles. The van der Waals surface area contributed by atoms with Gasteiger partial charge >= 0.3 is 0 Å². The Kier molecular flexibility index (Phi) is 8.78. The molecule has 0 radical (unpaired) electrons. The van der Waals surface area contributed by atoms with Crippen LogP contribution in [0.15, 0.2) is 84.4 Å². The van der Waals surface area contributed by atoms with Gasteiger partial charge in [-0.3, -0.25) is 14.5 Å². The molecule has 0 bridgehead atoms. The molecule has 8 nitrogen and oxygen atoms in total. The number of hydrogen-bond acceptors (Lipinski definition) is 7. The molecule has 0 spiro atoms. The highest BCUT2D eigenvalue weighted by atomic mass is 16.5. The number of nitrogens with zero attached hydrogens (tertiary/aromatic N) is 2. The SMILES string of the molecule is CCOc1cccc(C(O)=C2C(=O)C(=O)N(CCN3CCOCC3)C2c2ccc(OCc3ccccc3)cc2)c1. The molecule has 2 saturated heterocycles. The lowest BCUT2D eigenvalue weighted by molar-refractivity contribution is -0.140. The van der Waals surface area contributed by atoms with Crippen molar-refractivity contribution in [1.82, 2.24) is 9.80 Å². The highest BCUT2D eigenvalue weighted by Gasteiger charge is 2.46. The van der Waals surface area contributed by atoms with Crippen molar-refractivity contribution in [1.29, 1.82) is 0 Å². The summed E-state index contributed by atoms with van der Waals surface area (Å²) < 4.78 is 17.0. The van der Waals surface area contributed by atoms with Crippen LogP contribution in [0.5, 0.6) is 11.5 Å². The second-order valence-corrected chi connectivity index (χ2v) is 9.75. The fourth-order valence-electron chi connectivity index (χ4n) is 5.07. The van der Waals surface area contributed by atoms with E-state index in [4.69, 9.17) is 14.2 Å². The van der Waals surface area contributed by atoms with Crippen LogP contribution in [0.2, 0.25) is 0 Å². The van der Waals surface area contributed by atoms with Crippen molar-refractivity contribution in [2.75, 3.05) is 46.0 Å². The Morgan fingerprint density at radius 3 is 2.38 bits per heavy atom. The Labute approximate surface area is 234 Å². The second kappa shape index (κ2) is 12.8. The minimum Gasteiger partial charge on any atom is -0.507 e. The van der Waals surface area contributed by atoms with E-state index in [0.717, 1.165) is 24.2 Å². The summed E-state index contributed by atoms with van der Waals surface area (Å²) in [5.41, 5.74) is 2.26. The van der Waals surface area contributed by atoms with Crippen molar-refractivity contribution >= 4 is 17.4 Å². The van der Waals surface area contributed by atoms with E-state index in [1.54, 1.807) is 29.2 Å². The van der Waals surface area contributed by atoms with Crippen LogP contribution in [0.3, 0.4) is 0 Å². The number of ether oxygens (including phenoxy) is 3. The van der Waals surface area contributed by atoms with E-state index < -0.39 is 17.7 Å². The molecule has 3 aromatic rings. The van der Waals surface area contributed by atoms with Crippen LogP contribution < -0.4 is 9.47 Å². The van der Waals surface area contributed by atoms with Gasteiger partial charge in [-0.15, -0.1) is 0 Å². The van der Waals surface area contributed by atoms with E-state index in [-0.39, 0.29) is 11.3 Å². The molecule has 1 amide bonds. The van der Waals surface area contributed by atoms with Gasteiger partial charge in [-0.05, 0) is 42.3 Å². The van der Waals surface area contributed by atoms with Crippen molar-refractivity contribution in [2.45, 2.75) is 19.6 Å². The third-order valence-electron chi connectivity index (χ3n) is 7.16. The Morgan fingerprint density at radius 2 is 1.65 bits per heavy atom. The number of morpholine rings is 1. The molecule has 0 aliphatic carbocycles. The lowest BCUT2D eigenvalue weighted by Crippen LogP contribution is -2.42. The van der Waals surface area contributed by atoms with Crippen molar-refractivity contribution < 1.29 is 28.9 Å². The molecular weight excluding hydrogens is 508 g/mol. The molecule has 2 aliphatic rings. The summed E-state index contributed by atoms with van der Waals surface area (Å²) >= 11 is 0. The average molecular weight is 543 g/mol. The van der Waals surface area contributed by atoms with E-state index in [9.17, 15) is 14.7 Å². The summed E-state index contributed by atoms with van der Waals surface area (Å²) in [6.07, 6.45) is 0. The van der Waals surface area contributed by atoms with Gasteiger partial charge < -0.3 is 24.2 Å². The van der Waals surface area contributed by atoms with Gasteiger partial charge in [0.2, 0.25) is 0 Å². The van der Waals surface area contributed by atoms with E-state index in [0.29, 0.717) is 56.6 Å². The highest BCUT2D eigenvalue weighted by molar-refractivity contribution is 6.46. The van der Waals surface area contributed by atoms with Gasteiger partial charge in [0.05, 0.1) is 31.4 Å². The molecule has 40 heavy (non-hydrogen) atoms. The summed E-state index contributed by atoms with van der Waals surface area (Å²) in [6.45, 7) is 6.54. The quantitative estimate of drug-likeness (QED) is 0.231. The third kappa shape index (κ3) is 6.19. The Balaban J connectivity index is 1.46. The summed E-state index contributed by atoms with van der Waals surface area (Å²) in [5, 5.41) is 11.4. The smallest absolute Gasteiger partial charge is 0.295 e. The van der Waals surface area contributed by atoms with Gasteiger partial charge in [0.1, 0.15) is 23.9 Å². The lowest BCUT2D eigenvalue weighted by atomic mass is 9.95. The van der Waals surface area contributed by atoms with Gasteiger partial charge in [-0.25, -0.2) is 0 Å². The highest BCUT2D eigenvalue weighted by Crippen LogP contribution is 2.40. The molecule has 0 aromatic heterocycles. The number of likely N-dealkylation sites (tertiary alicyclic amines) is 1. The summed E-state index contributed by atoms with van der Waals surface area (Å²) in [5.74, 6) is -0.295. The average Bonchev–Trinajstić information content (AvgIpc) is 3.25. The first-order valence-electron chi connectivity index (χ1n) is 13.6. The molecule has 2 aliphatic heterocycles. The Bertz CT molecular complexity index is 1350. The van der Waals surface area contributed by atoms with Crippen LogP contribution in [0.1, 0.15) is 29.7 Å². The minimum atomic E-state index is -0.736. The maximum atomic E-state index is 13.4. The van der Waals surface area contributed by atoms with Crippen LogP contribution in [0, 0.1) is 0 Å². The fourth-order valence-corrected chi connectivity index (χ4v) is 5.07. The molecule has 2 heterocycles. The van der Waals surface area contributed by atoms with Crippen LogP contribution in [-0.4, -0.2) is 72.6 Å². The number of benzene rings is 3. The zero-order chi connectivity index (χ0) is 27.9. The van der Waals surface area contributed by atoms with Gasteiger partial charge in [0.15, 0.2) is 0 Å². The van der Waals surface area contributed by atoms with E-state index in [2.05, 4.69) is 4.90 Å².